The number of rotatable bonds is 5. The van der Waals surface area contributed by atoms with Crippen molar-refractivity contribution in [3.63, 3.8) is 0 Å². The fourth-order valence-electron chi connectivity index (χ4n) is 3.25. The van der Waals surface area contributed by atoms with E-state index in [1.54, 1.807) is 18.6 Å². The largest absolute Gasteiger partial charge is 0.346 e. The molecular weight excluding hydrogens is 346 g/mol. The Morgan fingerprint density at radius 2 is 1.82 bits per heavy atom. The average Bonchev–Trinajstić information content (AvgIpc) is 3.27. The van der Waals surface area contributed by atoms with Crippen LogP contribution in [0, 0.1) is 0 Å². The van der Waals surface area contributed by atoms with E-state index in [2.05, 4.69) is 28.5 Å². The number of amides is 1. The quantitative estimate of drug-likeness (QED) is 0.509. The Morgan fingerprint density at radius 1 is 1.04 bits per heavy atom. The van der Waals surface area contributed by atoms with Gasteiger partial charge >= 0.3 is 0 Å². The molecule has 0 radical (unpaired) electrons. The molecule has 138 valence electrons. The zero-order valence-corrected chi connectivity index (χ0v) is 15.6. The standard InChI is InChI=1S/C24H21N3O/c1-18(19-9-12-22(13-10-19)27-16-15-25-17-27)26-24(28)14-11-21-7-4-6-20-5-2-3-8-23(20)21/h2-18H,1H3,(H,26,28)/b14-11+/t18-/m0/s1. The molecule has 0 fully saturated rings. The summed E-state index contributed by atoms with van der Waals surface area (Å²) in [4.78, 5) is 16.4. The minimum Gasteiger partial charge on any atom is -0.346 e. The van der Waals surface area contributed by atoms with Gasteiger partial charge in [-0.2, -0.15) is 0 Å². The summed E-state index contributed by atoms with van der Waals surface area (Å²) in [5.41, 5.74) is 3.12. The first kappa shape index (κ1) is 17.7. The van der Waals surface area contributed by atoms with Crippen LogP contribution in [0.4, 0.5) is 0 Å². The maximum absolute atomic E-state index is 12.4. The van der Waals surface area contributed by atoms with Crippen LogP contribution in [-0.4, -0.2) is 15.5 Å². The maximum atomic E-state index is 12.4. The van der Waals surface area contributed by atoms with E-state index in [-0.39, 0.29) is 11.9 Å². The third-order valence-corrected chi connectivity index (χ3v) is 4.79. The third-order valence-electron chi connectivity index (χ3n) is 4.79. The lowest BCUT2D eigenvalue weighted by Crippen LogP contribution is -2.24. The fourth-order valence-corrected chi connectivity index (χ4v) is 3.25. The molecule has 0 aliphatic heterocycles. The molecule has 0 aliphatic carbocycles. The minimum absolute atomic E-state index is 0.0819. The van der Waals surface area contributed by atoms with Crippen molar-refractivity contribution in [2.45, 2.75) is 13.0 Å². The van der Waals surface area contributed by atoms with Crippen LogP contribution < -0.4 is 5.32 Å². The number of benzene rings is 3. The molecule has 0 aliphatic rings. The summed E-state index contributed by atoms with van der Waals surface area (Å²) < 4.78 is 1.94. The molecule has 1 amide bonds. The van der Waals surface area contributed by atoms with Gasteiger partial charge in [0.05, 0.1) is 12.4 Å². The summed E-state index contributed by atoms with van der Waals surface area (Å²) in [6, 6.07) is 22.3. The van der Waals surface area contributed by atoms with Gasteiger partial charge in [0.2, 0.25) is 5.91 Å². The van der Waals surface area contributed by atoms with Crippen LogP contribution in [0.15, 0.2) is 91.5 Å². The Labute approximate surface area is 164 Å². The van der Waals surface area contributed by atoms with Crippen LogP contribution in [0.1, 0.15) is 24.1 Å². The summed E-state index contributed by atoms with van der Waals surface area (Å²) in [7, 11) is 0. The highest BCUT2D eigenvalue weighted by molar-refractivity contribution is 5.96. The van der Waals surface area contributed by atoms with Crippen LogP contribution in [0.5, 0.6) is 0 Å². The van der Waals surface area contributed by atoms with Gasteiger partial charge in [-0.25, -0.2) is 4.98 Å². The second-order valence-corrected chi connectivity index (χ2v) is 6.69. The molecule has 4 rings (SSSR count). The minimum atomic E-state index is -0.112. The summed E-state index contributed by atoms with van der Waals surface area (Å²) >= 11 is 0. The number of carbonyl (C=O) groups is 1. The number of fused-ring (bicyclic) bond motifs is 1. The highest BCUT2D eigenvalue weighted by atomic mass is 16.1. The zero-order chi connectivity index (χ0) is 19.3. The van der Waals surface area contributed by atoms with Gasteiger partial charge in [-0.1, -0.05) is 54.6 Å². The highest BCUT2D eigenvalue weighted by Crippen LogP contribution is 2.20. The molecule has 1 atom stereocenters. The van der Waals surface area contributed by atoms with Crippen molar-refractivity contribution in [2.75, 3.05) is 0 Å². The van der Waals surface area contributed by atoms with Crippen molar-refractivity contribution in [2.24, 2.45) is 0 Å². The summed E-state index contributed by atoms with van der Waals surface area (Å²) in [5, 5.41) is 5.32. The second kappa shape index (κ2) is 7.92. The molecule has 28 heavy (non-hydrogen) atoms. The number of hydrogen-bond acceptors (Lipinski definition) is 2. The van der Waals surface area contributed by atoms with E-state index in [1.165, 1.54) is 0 Å². The third kappa shape index (κ3) is 3.86. The van der Waals surface area contributed by atoms with Crippen molar-refractivity contribution < 1.29 is 4.79 Å². The number of carbonyl (C=O) groups excluding carboxylic acids is 1. The molecule has 4 heteroatoms. The summed E-state index contributed by atoms with van der Waals surface area (Å²) in [5.74, 6) is -0.112. The van der Waals surface area contributed by atoms with E-state index in [0.717, 1.165) is 27.6 Å². The van der Waals surface area contributed by atoms with Crippen LogP contribution in [0.2, 0.25) is 0 Å². The molecule has 1 heterocycles. The molecule has 0 unspecified atom stereocenters. The first-order valence-electron chi connectivity index (χ1n) is 9.25. The van der Waals surface area contributed by atoms with Gasteiger partial charge in [-0.05, 0) is 47.0 Å². The maximum Gasteiger partial charge on any atom is 0.244 e. The SMILES string of the molecule is C[C@H](NC(=O)/C=C/c1cccc2ccccc12)c1ccc(-n2ccnc2)cc1. The Morgan fingerprint density at radius 3 is 2.61 bits per heavy atom. The Hall–Kier alpha value is -3.66. The second-order valence-electron chi connectivity index (χ2n) is 6.69. The van der Waals surface area contributed by atoms with Crippen molar-refractivity contribution >= 4 is 22.8 Å². The first-order chi connectivity index (χ1) is 13.7. The molecule has 0 saturated heterocycles. The first-order valence-corrected chi connectivity index (χ1v) is 9.25. The van der Waals surface area contributed by atoms with Gasteiger partial charge in [0.25, 0.3) is 0 Å². The van der Waals surface area contributed by atoms with Crippen LogP contribution in [0.3, 0.4) is 0 Å². The number of nitrogens with zero attached hydrogens (tertiary/aromatic N) is 2. The van der Waals surface area contributed by atoms with Gasteiger partial charge in [0, 0.05) is 24.2 Å². The van der Waals surface area contributed by atoms with Crippen molar-refractivity contribution in [1.82, 2.24) is 14.9 Å². The molecule has 4 nitrogen and oxygen atoms in total. The molecule has 4 aromatic rings. The normalized spacial score (nSPS) is 12.3. The van der Waals surface area contributed by atoms with Crippen LogP contribution in [-0.2, 0) is 4.79 Å². The van der Waals surface area contributed by atoms with Crippen molar-refractivity contribution in [1.29, 1.82) is 0 Å². The van der Waals surface area contributed by atoms with E-state index in [0.29, 0.717) is 0 Å². The smallest absolute Gasteiger partial charge is 0.244 e. The molecule has 0 bridgehead atoms. The van der Waals surface area contributed by atoms with Gasteiger partial charge < -0.3 is 9.88 Å². The highest BCUT2D eigenvalue weighted by Gasteiger charge is 2.08. The van der Waals surface area contributed by atoms with Gasteiger partial charge in [-0.15, -0.1) is 0 Å². The molecular formula is C24H21N3O. The lowest BCUT2D eigenvalue weighted by molar-refractivity contribution is -0.117. The topological polar surface area (TPSA) is 46.9 Å². The Kier molecular flexibility index (Phi) is 5.02. The van der Waals surface area contributed by atoms with E-state index in [9.17, 15) is 4.79 Å². The van der Waals surface area contributed by atoms with Crippen LogP contribution in [0.25, 0.3) is 22.5 Å². The zero-order valence-electron chi connectivity index (χ0n) is 15.6. The van der Waals surface area contributed by atoms with E-state index >= 15 is 0 Å². The lowest BCUT2D eigenvalue weighted by atomic mass is 10.0. The summed E-state index contributed by atoms with van der Waals surface area (Å²) in [6.45, 7) is 1.98. The predicted molar refractivity (Wildman–Crippen MR) is 113 cm³/mol. The fraction of sp³-hybridized carbons (Fsp3) is 0.0833. The summed E-state index contributed by atoms with van der Waals surface area (Å²) in [6.07, 6.45) is 8.88. The molecule has 0 saturated carbocycles. The van der Waals surface area contributed by atoms with Gasteiger partial charge in [-0.3, -0.25) is 4.79 Å². The molecule has 1 aromatic heterocycles. The molecule has 3 aromatic carbocycles. The van der Waals surface area contributed by atoms with E-state index in [4.69, 9.17) is 0 Å². The van der Waals surface area contributed by atoms with E-state index in [1.807, 2.05) is 72.3 Å². The monoisotopic (exact) mass is 367 g/mol. The van der Waals surface area contributed by atoms with Crippen LogP contribution >= 0.6 is 0 Å². The molecule has 1 N–H and O–H groups in total. The number of hydrogen-bond donors (Lipinski definition) is 1. The number of aromatic nitrogens is 2. The predicted octanol–water partition coefficient (Wildman–Crippen LogP) is 4.92. The van der Waals surface area contributed by atoms with E-state index < -0.39 is 0 Å². The average molecular weight is 367 g/mol. The Bertz CT molecular complexity index is 1110. The van der Waals surface area contributed by atoms with Crippen molar-refractivity contribution in [3.8, 4) is 5.69 Å². The van der Waals surface area contributed by atoms with Gasteiger partial charge in [0.15, 0.2) is 0 Å². The van der Waals surface area contributed by atoms with Gasteiger partial charge in [0.1, 0.15) is 0 Å². The number of imidazole rings is 1. The lowest BCUT2D eigenvalue weighted by Gasteiger charge is -2.14. The molecule has 0 spiro atoms. The Balaban J connectivity index is 1.43. The van der Waals surface area contributed by atoms with Crippen molar-refractivity contribution in [3.05, 3.63) is 103 Å². The number of nitrogens with one attached hydrogen (secondary N) is 1.